The Labute approximate surface area is 161 Å². The molecule has 144 valence electrons. The molecule has 0 radical (unpaired) electrons. The molecule has 4 rings (SSSR count). The van der Waals surface area contributed by atoms with Crippen molar-refractivity contribution in [2.45, 2.75) is 12.6 Å². The second-order valence-electron chi connectivity index (χ2n) is 6.78. The maximum absolute atomic E-state index is 13.3. The molecule has 1 amide bonds. The minimum atomic E-state index is -0.810. The van der Waals surface area contributed by atoms with Crippen LogP contribution in [0, 0.1) is 0 Å². The van der Waals surface area contributed by atoms with Crippen molar-refractivity contribution in [2.75, 3.05) is 29.4 Å². The highest BCUT2D eigenvalue weighted by Crippen LogP contribution is 2.31. The number of pyridine rings is 1. The number of aliphatic imine (C=N–C) groups is 1. The van der Waals surface area contributed by atoms with Gasteiger partial charge >= 0.3 is 0 Å². The largest absolute Gasteiger partial charge is 0.506 e. The Morgan fingerprint density at radius 1 is 1.29 bits per heavy atom. The predicted octanol–water partition coefficient (Wildman–Crippen LogP) is 2.30. The van der Waals surface area contributed by atoms with E-state index in [-0.39, 0.29) is 23.8 Å². The zero-order chi connectivity index (χ0) is 19.7. The number of carbonyl (C=O) groups is 1. The number of amides is 1. The molecule has 1 saturated heterocycles. The van der Waals surface area contributed by atoms with E-state index in [0.29, 0.717) is 42.4 Å². The Morgan fingerprint density at radius 3 is 2.79 bits per heavy atom. The summed E-state index contributed by atoms with van der Waals surface area (Å²) in [5.74, 6) is 0.401. The van der Waals surface area contributed by atoms with Crippen molar-refractivity contribution in [3.63, 3.8) is 0 Å². The number of benzene rings is 1. The Balaban J connectivity index is 1.48. The summed E-state index contributed by atoms with van der Waals surface area (Å²) in [6.07, 6.45) is 2.70. The van der Waals surface area contributed by atoms with Gasteiger partial charge in [0.2, 0.25) is 0 Å². The van der Waals surface area contributed by atoms with E-state index in [0.717, 1.165) is 0 Å². The second-order valence-corrected chi connectivity index (χ2v) is 6.78. The number of rotatable bonds is 4. The average molecular weight is 381 g/mol. The van der Waals surface area contributed by atoms with Gasteiger partial charge in [-0.05, 0) is 30.7 Å². The van der Waals surface area contributed by atoms with Gasteiger partial charge in [-0.2, -0.15) is 0 Å². The molecule has 0 spiro atoms. The first-order chi connectivity index (χ1) is 13.5. The minimum absolute atomic E-state index is 0.0130. The van der Waals surface area contributed by atoms with Crippen LogP contribution >= 0.6 is 0 Å². The average Bonchev–Trinajstić information content (AvgIpc) is 3.24. The molecule has 2 aliphatic rings. The van der Waals surface area contributed by atoms with Gasteiger partial charge in [0.05, 0.1) is 36.2 Å². The number of alkyl halides is 1. The number of nitrogens with zero attached hydrogens (tertiary/aromatic N) is 4. The van der Waals surface area contributed by atoms with Crippen molar-refractivity contribution in [2.24, 2.45) is 10.7 Å². The van der Waals surface area contributed by atoms with Crippen LogP contribution in [0.25, 0.3) is 0 Å². The first-order valence-electron chi connectivity index (χ1n) is 9.00. The number of anilines is 2. The van der Waals surface area contributed by atoms with Crippen molar-refractivity contribution in [1.29, 1.82) is 0 Å². The monoisotopic (exact) mass is 381 g/mol. The molecule has 1 fully saturated rings. The van der Waals surface area contributed by atoms with E-state index in [1.807, 2.05) is 4.90 Å². The topological polar surface area (TPSA) is 95.0 Å². The van der Waals surface area contributed by atoms with Gasteiger partial charge in [0.1, 0.15) is 17.7 Å². The molecule has 2 aromatic rings. The highest BCUT2D eigenvalue weighted by atomic mass is 19.1. The minimum Gasteiger partial charge on any atom is -0.506 e. The SMILES string of the molecule is NC1=C(C=Nc2ccc(N3CC[C@H](F)C3)nc2)C(=O)N(c2ccccc2O)C1. The first kappa shape index (κ1) is 18.0. The number of carbonyl (C=O) groups excluding carboxylic acids is 1. The summed E-state index contributed by atoms with van der Waals surface area (Å²) in [6, 6.07) is 10.1. The summed E-state index contributed by atoms with van der Waals surface area (Å²) in [5.41, 5.74) is 7.65. The highest BCUT2D eigenvalue weighted by Gasteiger charge is 2.30. The Morgan fingerprint density at radius 2 is 2.11 bits per heavy atom. The van der Waals surface area contributed by atoms with Crippen LogP contribution in [0.15, 0.2) is 58.9 Å². The van der Waals surface area contributed by atoms with Gasteiger partial charge in [-0.3, -0.25) is 14.7 Å². The fourth-order valence-corrected chi connectivity index (χ4v) is 3.34. The lowest BCUT2D eigenvalue weighted by molar-refractivity contribution is -0.114. The van der Waals surface area contributed by atoms with Crippen molar-refractivity contribution in [1.82, 2.24) is 4.98 Å². The van der Waals surface area contributed by atoms with Crippen molar-refractivity contribution in [3.8, 4) is 5.75 Å². The van der Waals surface area contributed by atoms with Gasteiger partial charge in [0.15, 0.2) is 0 Å². The van der Waals surface area contributed by atoms with Crippen LogP contribution in [0.3, 0.4) is 0 Å². The Hall–Kier alpha value is -3.42. The quantitative estimate of drug-likeness (QED) is 0.793. The molecule has 0 unspecified atom stereocenters. The van der Waals surface area contributed by atoms with Gasteiger partial charge in [-0.1, -0.05) is 12.1 Å². The number of halogens is 1. The molecule has 7 nitrogen and oxygen atoms in total. The number of phenolic OH excluding ortho intramolecular Hbond substituents is 1. The maximum Gasteiger partial charge on any atom is 0.262 e. The van der Waals surface area contributed by atoms with Gasteiger partial charge in [0, 0.05) is 18.5 Å². The molecule has 8 heteroatoms. The van der Waals surface area contributed by atoms with Gasteiger partial charge in [-0.15, -0.1) is 0 Å². The van der Waals surface area contributed by atoms with Crippen LogP contribution in [0.5, 0.6) is 5.75 Å². The number of para-hydroxylation sites is 2. The lowest BCUT2D eigenvalue weighted by Crippen LogP contribution is -2.27. The van der Waals surface area contributed by atoms with Crippen LogP contribution in [0.4, 0.5) is 21.6 Å². The zero-order valence-electron chi connectivity index (χ0n) is 15.1. The molecule has 2 aliphatic heterocycles. The summed E-state index contributed by atoms with van der Waals surface area (Å²) in [6.45, 7) is 1.20. The smallest absolute Gasteiger partial charge is 0.262 e. The van der Waals surface area contributed by atoms with Crippen LogP contribution in [-0.4, -0.2) is 48.0 Å². The Kier molecular flexibility index (Phi) is 4.68. The molecule has 1 aromatic carbocycles. The normalized spacial score (nSPS) is 20.0. The lowest BCUT2D eigenvalue weighted by atomic mass is 10.2. The predicted molar refractivity (Wildman–Crippen MR) is 106 cm³/mol. The van der Waals surface area contributed by atoms with Crippen molar-refractivity contribution >= 4 is 29.3 Å². The molecule has 0 aliphatic carbocycles. The molecule has 3 heterocycles. The maximum atomic E-state index is 13.3. The fraction of sp³-hybridized carbons (Fsp3) is 0.250. The highest BCUT2D eigenvalue weighted by molar-refractivity contribution is 6.22. The molecular formula is C20H20FN5O2. The number of phenols is 1. The Bertz CT molecular complexity index is 957. The standard InChI is InChI=1S/C20H20FN5O2/c21-13-7-8-25(11-13)19-6-5-14(9-24-19)23-10-15-16(22)12-26(20(15)28)17-3-1-2-4-18(17)27/h1-6,9-10,13,27H,7-8,11-12,22H2/t13-/m0/s1. The van der Waals surface area contributed by atoms with Crippen LogP contribution in [0.2, 0.25) is 0 Å². The van der Waals surface area contributed by atoms with Crippen LogP contribution < -0.4 is 15.5 Å². The third-order valence-corrected chi connectivity index (χ3v) is 4.85. The van der Waals surface area contributed by atoms with Crippen LogP contribution in [-0.2, 0) is 4.79 Å². The summed E-state index contributed by atoms with van der Waals surface area (Å²) in [4.78, 5) is 24.6. The number of nitrogens with two attached hydrogens (primary N) is 1. The van der Waals surface area contributed by atoms with E-state index in [1.54, 1.807) is 36.5 Å². The molecule has 1 atom stereocenters. The van der Waals surface area contributed by atoms with E-state index < -0.39 is 6.17 Å². The molecule has 3 N–H and O–H groups in total. The number of aromatic nitrogens is 1. The zero-order valence-corrected chi connectivity index (χ0v) is 15.1. The summed E-state index contributed by atoms with van der Waals surface area (Å²) < 4.78 is 13.3. The summed E-state index contributed by atoms with van der Waals surface area (Å²) in [7, 11) is 0. The molecule has 0 saturated carbocycles. The van der Waals surface area contributed by atoms with Crippen LogP contribution in [0.1, 0.15) is 6.42 Å². The van der Waals surface area contributed by atoms with E-state index in [1.165, 1.54) is 17.2 Å². The van der Waals surface area contributed by atoms with Gasteiger partial charge < -0.3 is 15.7 Å². The fourth-order valence-electron chi connectivity index (χ4n) is 3.34. The molecule has 1 aromatic heterocycles. The van der Waals surface area contributed by atoms with Crippen molar-refractivity contribution < 1.29 is 14.3 Å². The summed E-state index contributed by atoms with van der Waals surface area (Å²) >= 11 is 0. The molecule has 28 heavy (non-hydrogen) atoms. The third kappa shape index (κ3) is 3.40. The van der Waals surface area contributed by atoms with Gasteiger partial charge in [0.25, 0.3) is 5.91 Å². The van der Waals surface area contributed by atoms with E-state index >= 15 is 0 Å². The number of hydrogen-bond donors (Lipinski definition) is 2. The third-order valence-electron chi connectivity index (χ3n) is 4.85. The van der Waals surface area contributed by atoms with Crippen molar-refractivity contribution in [3.05, 3.63) is 53.9 Å². The van der Waals surface area contributed by atoms with Gasteiger partial charge in [-0.25, -0.2) is 9.37 Å². The van der Waals surface area contributed by atoms with E-state index in [9.17, 15) is 14.3 Å². The first-order valence-corrected chi connectivity index (χ1v) is 9.00. The molecular weight excluding hydrogens is 361 g/mol. The number of aromatic hydroxyl groups is 1. The number of hydrogen-bond acceptors (Lipinski definition) is 6. The summed E-state index contributed by atoms with van der Waals surface area (Å²) in [5, 5.41) is 9.98. The second kappa shape index (κ2) is 7.30. The van der Waals surface area contributed by atoms with E-state index in [4.69, 9.17) is 5.73 Å². The van der Waals surface area contributed by atoms with E-state index in [2.05, 4.69) is 9.98 Å². The molecule has 0 bridgehead atoms. The lowest BCUT2D eigenvalue weighted by Gasteiger charge is -2.17.